The molecule has 0 saturated carbocycles. The second kappa shape index (κ2) is 6.49. The van der Waals surface area contributed by atoms with Crippen molar-refractivity contribution in [1.29, 1.82) is 0 Å². The minimum atomic E-state index is -0.280. The number of aliphatic hydroxyl groups excluding tert-OH is 1. The van der Waals surface area contributed by atoms with Gasteiger partial charge in [-0.1, -0.05) is 34.8 Å². The highest BCUT2D eigenvalue weighted by atomic mass is 35.5. The van der Waals surface area contributed by atoms with Crippen molar-refractivity contribution >= 4 is 40.5 Å². The first-order valence-corrected chi connectivity index (χ1v) is 6.81. The molecule has 1 atom stereocenters. The van der Waals surface area contributed by atoms with Crippen molar-refractivity contribution in [2.24, 2.45) is 0 Å². The first-order valence-electron chi connectivity index (χ1n) is 5.67. The Labute approximate surface area is 126 Å². The molecule has 5 heteroatoms. The lowest BCUT2D eigenvalue weighted by molar-refractivity contribution is 0.276. The van der Waals surface area contributed by atoms with E-state index < -0.39 is 0 Å². The summed E-state index contributed by atoms with van der Waals surface area (Å²) in [5.74, 6) is 0. The monoisotopic (exact) mass is 315 g/mol. The van der Waals surface area contributed by atoms with Gasteiger partial charge in [-0.25, -0.2) is 0 Å². The van der Waals surface area contributed by atoms with Gasteiger partial charge in [0.05, 0.1) is 12.6 Å². The van der Waals surface area contributed by atoms with Gasteiger partial charge in [0.1, 0.15) is 0 Å². The molecule has 2 aromatic rings. The highest BCUT2D eigenvalue weighted by Crippen LogP contribution is 2.26. The Bertz CT molecular complexity index is 537. The van der Waals surface area contributed by atoms with E-state index in [9.17, 15) is 5.11 Å². The Morgan fingerprint density at radius 2 is 1.47 bits per heavy atom. The standard InChI is InChI=1S/C14H12Cl3NO/c15-10-1-3-13(4-2-10)18-14(8-19)9-5-11(16)7-12(17)6-9/h1-7,14,18-19H,8H2. The second-order valence-electron chi connectivity index (χ2n) is 4.09. The summed E-state index contributed by atoms with van der Waals surface area (Å²) in [6, 6.07) is 12.2. The van der Waals surface area contributed by atoms with Gasteiger partial charge < -0.3 is 10.4 Å². The average Bonchev–Trinajstić information content (AvgIpc) is 2.37. The molecule has 100 valence electrons. The Hall–Kier alpha value is -0.930. The van der Waals surface area contributed by atoms with E-state index in [2.05, 4.69) is 5.32 Å². The van der Waals surface area contributed by atoms with E-state index in [1.807, 2.05) is 12.1 Å². The molecular weight excluding hydrogens is 305 g/mol. The number of hydrogen-bond donors (Lipinski definition) is 2. The summed E-state index contributed by atoms with van der Waals surface area (Å²) in [5.41, 5.74) is 1.69. The summed E-state index contributed by atoms with van der Waals surface area (Å²) in [6.45, 7) is -0.0701. The molecule has 19 heavy (non-hydrogen) atoms. The van der Waals surface area contributed by atoms with Crippen LogP contribution in [0.1, 0.15) is 11.6 Å². The van der Waals surface area contributed by atoms with Crippen LogP contribution in [0.4, 0.5) is 5.69 Å². The maximum atomic E-state index is 9.50. The topological polar surface area (TPSA) is 32.3 Å². The van der Waals surface area contributed by atoms with Crippen LogP contribution in [0, 0.1) is 0 Å². The van der Waals surface area contributed by atoms with Crippen molar-refractivity contribution in [2.75, 3.05) is 11.9 Å². The van der Waals surface area contributed by atoms with Gasteiger partial charge >= 0.3 is 0 Å². The van der Waals surface area contributed by atoms with Gasteiger partial charge in [-0.3, -0.25) is 0 Å². The van der Waals surface area contributed by atoms with Crippen molar-refractivity contribution in [3.63, 3.8) is 0 Å². The molecule has 0 spiro atoms. The number of hydrogen-bond acceptors (Lipinski definition) is 2. The number of aliphatic hydroxyl groups is 1. The van der Waals surface area contributed by atoms with Crippen LogP contribution < -0.4 is 5.32 Å². The van der Waals surface area contributed by atoms with Gasteiger partial charge in [-0.2, -0.15) is 0 Å². The van der Waals surface area contributed by atoms with Crippen molar-refractivity contribution in [3.05, 3.63) is 63.1 Å². The predicted molar refractivity (Wildman–Crippen MR) is 81.4 cm³/mol. The summed E-state index contributed by atoms with van der Waals surface area (Å²) < 4.78 is 0. The predicted octanol–water partition coefficient (Wildman–Crippen LogP) is 4.79. The smallest absolute Gasteiger partial charge is 0.0746 e. The Morgan fingerprint density at radius 3 is 2.00 bits per heavy atom. The molecule has 2 N–H and O–H groups in total. The molecule has 1 unspecified atom stereocenters. The Balaban J connectivity index is 2.22. The van der Waals surface area contributed by atoms with Crippen LogP contribution in [0.25, 0.3) is 0 Å². The molecule has 0 fully saturated rings. The summed E-state index contributed by atoms with van der Waals surface area (Å²) in [4.78, 5) is 0. The third kappa shape index (κ3) is 4.02. The molecule has 2 aromatic carbocycles. The fraction of sp³-hybridized carbons (Fsp3) is 0.143. The van der Waals surface area contributed by atoms with Crippen LogP contribution in [0.2, 0.25) is 15.1 Å². The lowest BCUT2D eigenvalue weighted by atomic mass is 10.1. The van der Waals surface area contributed by atoms with Gasteiger partial charge in [0, 0.05) is 20.8 Å². The van der Waals surface area contributed by atoms with Crippen LogP contribution in [0.5, 0.6) is 0 Å². The number of nitrogens with one attached hydrogen (secondary N) is 1. The lowest BCUT2D eigenvalue weighted by Gasteiger charge is -2.18. The molecule has 0 aliphatic carbocycles. The van der Waals surface area contributed by atoms with Crippen molar-refractivity contribution in [1.82, 2.24) is 0 Å². The number of anilines is 1. The normalized spacial score (nSPS) is 12.2. The number of rotatable bonds is 4. The Morgan fingerprint density at radius 1 is 0.895 bits per heavy atom. The maximum Gasteiger partial charge on any atom is 0.0746 e. The Kier molecular flexibility index (Phi) is 4.94. The molecular formula is C14H12Cl3NO. The first-order chi connectivity index (χ1) is 9.08. The largest absolute Gasteiger partial charge is 0.394 e. The third-order valence-corrected chi connectivity index (χ3v) is 3.34. The first kappa shape index (κ1) is 14.5. The summed E-state index contributed by atoms with van der Waals surface area (Å²) >= 11 is 17.8. The highest BCUT2D eigenvalue weighted by Gasteiger charge is 2.11. The molecule has 2 rings (SSSR count). The van der Waals surface area contributed by atoms with E-state index in [-0.39, 0.29) is 12.6 Å². The zero-order valence-electron chi connectivity index (χ0n) is 9.91. The number of halogens is 3. The minimum absolute atomic E-state index is 0.0701. The van der Waals surface area contributed by atoms with Crippen LogP contribution in [-0.4, -0.2) is 11.7 Å². The van der Waals surface area contributed by atoms with Crippen LogP contribution >= 0.6 is 34.8 Å². The zero-order valence-corrected chi connectivity index (χ0v) is 12.2. The summed E-state index contributed by atoms with van der Waals surface area (Å²) in [6.07, 6.45) is 0. The molecule has 0 bridgehead atoms. The lowest BCUT2D eigenvalue weighted by Crippen LogP contribution is -2.14. The van der Waals surface area contributed by atoms with E-state index in [1.54, 1.807) is 30.3 Å². The van der Waals surface area contributed by atoms with Crippen LogP contribution in [0.15, 0.2) is 42.5 Å². The van der Waals surface area contributed by atoms with Gasteiger partial charge in [0.15, 0.2) is 0 Å². The zero-order chi connectivity index (χ0) is 13.8. The molecule has 0 heterocycles. The molecule has 2 nitrogen and oxygen atoms in total. The van der Waals surface area contributed by atoms with E-state index >= 15 is 0 Å². The van der Waals surface area contributed by atoms with E-state index in [1.165, 1.54) is 0 Å². The summed E-state index contributed by atoms with van der Waals surface area (Å²) in [5, 5.41) is 14.4. The van der Waals surface area contributed by atoms with E-state index in [4.69, 9.17) is 34.8 Å². The molecule has 0 aliphatic heterocycles. The minimum Gasteiger partial charge on any atom is -0.394 e. The molecule has 0 aromatic heterocycles. The number of benzene rings is 2. The molecule has 0 saturated heterocycles. The second-order valence-corrected chi connectivity index (χ2v) is 5.40. The van der Waals surface area contributed by atoms with E-state index in [0.717, 1.165) is 11.3 Å². The summed E-state index contributed by atoms with van der Waals surface area (Å²) in [7, 11) is 0. The SMILES string of the molecule is OCC(Nc1ccc(Cl)cc1)c1cc(Cl)cc(Cl)c1. The quantitative estimate of drug-likeness (QED) is 0.850. The third-order valence-electron chi connectivity index (χ3n) is 2.65. The molecule has 0 radical (unpaired) electrons. The van der Waals surface area contributed by atoms with Gasteiger partial charge in [-0.05, 0) is 48.0 Å². The van der Waals surface area contributed by atoms with Gasteiger partial charge in [-0.15, -0.1) is 0 Å². The van der Waals surface area contributed by atoms with Crippen LogP contribution in [-0.2, 0) is 0 Å². The van der Waals surface area contributed by atoms with Crippen molar-refractivity contribution in [2.45, 2.75) is 6.04 Å². The van der Waals surface area contributed by atoms with Gasteiger partial charge in [0.25, 0.3) is 0 Å². The average molecular weight is 317 g/mol. The van der Waals surface area contributed by atoms with Gasteiger partial charge in [0.2, 0.25) is 0 Å². The fourth-order valence-corrected chi connectivity index (χ4v) is 2.43. The molecule has 0 amide bonds. The van der Waals surface area contributed by atoms with Crippen LogP contribution in [0.3, 0.4) is 0 Å². The maximum absolute atomic E-state index is 9.50. The fourth-order valence-electron chi connectivity index (χ4n) is 1.76. The van der Waals surface area contributed by atoms with E-state index in [0.29, 0.717) is 15.1 Å². The van der Waals surface area contributed by atoms with Crippen molar-refractivity contribution in [3.8, 4) is 0 Å². The van der Waals surface area contributed by atoms with Crippen molar-refractivity contribution < 1.29 is 5.11 Å². The highest BCUT2D eigenvalue weighted by molar-refractivity contribution is 6.34. The molecule has 0 aliphatic rings.